The number of aliphatic hydroxyl groups excluding tert-OH is 1. The number of aromatic nitrogens is 3. The third-order valence-electron chi connectivity index (χ3n) is 2.55. The Labute approximate surface area is 101 Å². The van der Waals surface area contributed by atoms with Gasteiger partial charge in [0.1, 0.15) is 0 Å². The lowest BCUT2D eigenvalue weighted by Gasteiger charge is -2.23. The lowest BCUT2D eigenvalue weighted by atomic mass is 10.3. The Morgan fingerprint density at radius 3 is 2.41 bits per heavy atom. The first-order chi connectivity index (χ1) is 7.95. The summed E-state index contributed by atoms with van der Waals surface area (Å²) >= 11 is 0. The molecule has 0 spiro atoms. The van der Waals surface area contributed by atoms with Gasteiger partial charge in [-0.25, -0.2) is 0 Å². The van der Waals surface area contributed by atoms with Gasteiger partial charge in [-0.15, -0.1) is 0 Å². The van der Waals surface area contributed by atoms with E-state index in [-0.39, 0.29) is 18.6 Å². The predicted octanol–water partition coefficient (Wildman–Crippen LogP) is -0.495. The Balaban J connectivity index is 2.96. The van der Waals surface area contributed by atoms with E-state index in [0.29, 0.717) is 18.3 Å². The van der Waals surface area contributed by atoms with Gasteiger partial charge < -0.3 is 15.7 Å². The number of nitrogens with zero attached hydrogens (tertiary/aromatic N) is 5. The van der Waals surface area contributed by atoms with Gasteiger partial charge in [0, 0.05) is 20.6 Å². The van der Waals surface area contributed by atoms with Gasteiger partial charge in [0.25, 0.3) is 0 Å². The van der Waals surface area contributed by atoms with Crippen molar-refractivity contribution in [2.24, 2.45) is 0 Å². The van der Waals surface area contributed by atoms with Crippen molar-refractivity contribution in [2.45, 2.75) is 13.0 Å². The second-order valence-corrected chi connectivity index (χ2v) is 4.13. The fraction of sp³-hybridized carbons (Fsp3) is 0.700. The van der Waals surface area contributed by atoms with Gasteiger partial charge >= 0.3 is 0 Å². The molecule has 3 N–H and O–H groups in total. The molecule has 0 aromatic carbocycles. The Bertz CT molecular complexity index is 370. The Kier molecular flexibility index (Phi) is 4.59. The van der Waals surface area contributed by atoms with Crippen LogP contribution in [0.4, 0.5) is 11.9 Å². The number of nitrogen functional groups attached to an aromatic ring is 1. The van der Waals surface area contributed by atoms with Gasteiger partial charge in [0.2, 0.25) is 11.9 Å². The molecule has 0 aliphatic heterocycles. The van der Waals surface area contributed by atoms with Gasteiger partial charge in [0.05, 0.1) is 12.6 Å². The quantitative estimate of drug-likeness (QED) is 0.717. The standard InChI is InChI=1S/C10H20N6O/c1-7(16(4)5-6-17)8-12-9(11)14-10(13-8)15(2)3/h7,17H,5-6H2,1-4H3,(H2,11,12,13,14). The van der Waals surface area contributed by atoms with Gasteiger partial charge in [-0.1, -0.05) is 0 Å². The molecular weight excluding hydrogens is 220 g/mol. The minimum Gasteiger partial charge on any atom is -0.395 e. The van der Waals surface area contributed by atoms with Crippen molar-refractivity contribution in [1.82, 2.24) is 19.9 Å². The minimum atomic E-state index is -0.0221. The average molecular weight is 240 g/mol. The molecule has 17 heavy (non-hydrogen) atoms. The monoisotopic (exact) mass is 240 g/mol. The van der Waals surface area contributed by atoms with Crippen LogP contribution < -0.4 is 10.6 Å². The summed E-state index contributed by atoms with van der Waals surface area (Å²) in [4.78, 5) is 16.2. The second-order valence-electron chi connectivity index (χ2n) is 4.13. The molecule has 0 aliphatic rings. The first-order valence-electron chi connectivity index (χ1n) is 5.45. The fourth-order valence-corrected chi connectivity index (χ4v) is 1.33. The van der Waals surface area contributed by atoms with Crippen molar-refractivity contribution < 1.29 is 5.11 Å². The Morgan fingerprint density at radius 1 is 1.24 bits per heavy atom. The highest BCUT2D eigenvalue weighted by atomic mass is 16.3. The normalized spacial score (nSPS) is 12.8. The molecule has 0 aliphatic carbocycles. The molecule has 1 heterocycles. The van der Waals surface area contributed by atoms with Crippen molar-refractivity contribution in [3.63, 3.8) is 0 Å². The summed E-state index contributed by atoms with van der Waals surface area (Å²) in [6, 6.07) is -0.0221. The maximum Gasteiger partial charge on any atom is 0.229 e. The van der Waals surface area contributed by atoms with Gasteiger partial charge in [-0.3, -0.25) is 4.90 Å². The SMILES string of the molecule is CC(c1nc(N)nc(N(C)C)n1)N(C)CCO. The third kappa shape index (κ3) is 3.50. The Morgan fingerprint density at radius 2 is 1.88 bits per heavy atom. The first-order valence-corrected chi connectivity index (χ1v) is 5.45. The van der Waals surface area contributed by atoms with Crippen LogP contribution in [0, 0.1) is 0 Å². The van der Waals surface area contributed by atoms with Crippen molar-refractivity contribution in [1.29, 1.82) is 0 Å². The topological polar surface area (TPSA) is 91.4 Å². The zero-order valence-electron chi connectivity index (χ0n) is 10.8. The molecule has 1 rings (SSSR count). The lowest BCUT2D eigenvalue weighted by molar-refractivity contribution is 0.184. The summed E-state index contributed by atoms with van der Waals surface area (Å²) in [5.41, 5.74) is 5.65. The fourth-order valence-electron chi connectivity index (χ4n) is 1.33. The highest BCUT2D eigenvalue weighted by Crippen LogP contribution is 2.16. The number of nitrogens with two attached hydrogens (primary N) is 1. The van der Waals surface area contributed by atoms with E-state index in [1.54, 1.807) is 4.90 Å². The van der Waals surface area contributed by atoms with Crippen LogP contribution >= 0.6 is 0 Å². The van der Waals surface area contributed by atoms with E-state index in [0.717, 1.165) is 0 Å². The lowest BCUT2D eigenvalue weighted by Crippen LogP contribution is -2.28. The van der Waals surface area contributed by atoms with Crippen molar-refractivity contribution in [2.75, 3.05) is 44.9 Å². The van der Waals surface area contributed by atoms with Crippen LogP contribution in [-0.2, 0) is 0 Å². The molecule has 1 aromatic heterocycles. The number of likely N-dealkylation sites (N-methyl/N-ethyl adjacent to an activating group) is 1. The van der Waals surface area contributed by atoms with Crippen molar-refractivity contribution >= 4 is 11.9 Å². The summed E-state index contributed by atoms with van der Waals surface area (Å²) in [5, 5.41) is 8.90. The highest BCUT2D eigenvalue weighted by Gasteiger charge is 2.16. The number of anilines is 2. The molecule has 7 heteroatoms. The van der Waals surface area contributed by atoms with Gasteiger partial charge in [-0.05, 0) is 14.0 Å². The molecule has 7 nitrogen and oxygen atoms in total. The van der Waals surface area contributed by atoms with Crippen molar-refractivity contribution in [3.05, 3.63) is 5.82 Å². The van der Waals surface area contributed by atoms with Gasteiger partial charge in [0.15, 0.2) is 5.82 Å². The summed E-state index contributed by atoms with van der Waals surface area (Å²) in [5.74, 6) is 1.36. The molecule has 0 saturated heterocycles. The smallest absolute Gasteiger partial charge is 0.229 e. The van der Waals surface area contributed by atoms with E-state index in [4.69, 9.17) is 10.8 Å². The number of hydrogen-bond acceptors (Lipinski definition) is 7. The van der Waals surface area contributed by atoms with Crippen LogP contribution in [0.1, 0.15) is 18.8 Å². The van der Waals surface area contributed by atoms with Crippen LogP contribution in [-0.4, -0.2) is 59.3 Å². The van der Waals surface area contributed by atoms with E-state index in [1.807, 2.05) is 33.0 Å². The van der Waals surface area contributed by atoms with E-state index in [1.165, 1.54) is 0 Å². The summed E-state index contributed by atoms with van der Waals surface area (Å²) in [6.45, 7) is 2.62. The molecule has 1 unspecified atom stereocenters. The maximum absolute atomic E-state index is 8.90. The van der Waals surface area contributed by atoms with Crippen LogP contribution in [0.2, 0.25) is 0 Å². The second kappa shape index (κ2) is 5.74. The van der Waals surface area contributed by atoms with E-state index >= 15 is 0 Å². The molecule has 96 valence electrons. The summed E-state index contributed by atoms with van der Waals surface area (Å²) in [6.07, 6.45) is 0. The third-order valence-corrected chi connectivity index (χ3v) is 2.55. The minimum absolute atomic E-state index is 0.0221. The number of rotatable bonds is 5. The largest absolute Gasteiger partial charge is 0.395 e. The van der Waals surface area contributed by atoms with E-state index < -0.39 is 0 Å². The molecule has 0 bridgehead atoms. The number of hydrogen-bond donors (Lipinski definition) is 2. The molecule has 0 radical (unpaired) electrons. The maximum atomic E-state index is 8.90. The molecule has 0 amide bonds. The zero-order valence-corrected chi connectivity index (χ0v) is 10.8. The van der Waals surface area contributed by atoms with E-state index in [9.17, 15) is 0 Å². The summed E-state index contributed by atoms with van der Waals surface area (Å²) in [7, 11) is 5.59. The van der Waals surface area contributed by atoms with Gasteiger partial charge in [-0.2, -0.15) is 15.0 Å². The molecule has 1 atom stereocenters. The average Bonchev–Trinajstić information content (AvgIpc) is 2.27. The summed E-state index contributed by atoms with van der Waals surface area (Å²) < 4.78 is 0. The van der Waals surface area contributed by atoms with Crippen LogP contribution in [0.5, 0.6) is 0 Å². The Hall–Kier alpha value is -1.47. The molecule has 1 aromatic rings. The van der Waals surface area contributed by atoms with E-state index in [2.05, 4.69) is 15.0 Å². The molecule has 0 saturated carbocycles. The first kappa shape index (κ1) is 13.6. The molecular formula is C10H20N6O. The predicted molar refractivity (Wildman–Crippen MR) is 66.7 cm³/mol. The highest BCUT2D eigenvalue weighted by molar-refractivity contribution is 5.32. The zero-order chi connectivity index (χ0) is 13.0. The van der Waals surface area contributed by atoms with Crippen LogP contribution in [0.15, 0.2) is 0 Å². The van der Waals surface area contributed by atoms with Crippen LogP contribution in [0.25, 0.3) is 0 Å². The molecule has 0 fully saturated rings. The van der Waals surface area contributed by atoms with Crippen molar-refractivity contribution in [3.8, 4) is 0 Å². The number of aliphatic hydroxyl groups is 1. The van der Waals surface area contributed by atoms with Crippen LogP contribution in [0.3, 0.4) is 0 Å².